The van der Waals surface area contributed by atoms with Gasteiger partial charge >= 0.3 is 0 Å². The Kier molecular flexibility index (Phi) is 5.37. The summed E-state index contributed by atoms with van der Waals surface area (Å²) in [6, 6.07) is 14.2. The third kappa shape index (κ3) is 4.18. The second kappa shape index (κ2) is 8.26. The van der Waals surface area contributed by atoms with E-state index in [1.54, 1.807) is 41.4 Å². The van der Waals surface area contributed by atoms with E-state index in [0.29, 0.717) is 23.6 Å². The maximum Gasteiger partial charge on any atom is 0.276 e. The maximum atomic E-state index is 12.9. The molecule has 29 heavy (non-hydrogen) atoms. The van der Waals surface area contributed by atoms with Crippen LogP contribution in [0.15, 0.2) is 59.3 Å². The maximum absolute atomic E-state index is 12.9. The number of carbonyl (C=O) groups excluding carboxylic acids is 2. The molecule has 0 aliphatic carbocycles. The molecule has 1 aliphatic rings. The number of hydrogen-bond acceptors (Lipinski definition) is 6. The van der Waals surface area contributed by atoms with E-state index < -0.39 is 0 Å². The number of ketones is 1. The predicted octanol–water partition coefficient (Wildman–Crippen LogP) is 3.83. The van der Waals surface area contributed by atoms with E-state index in [2.05, 4.69) is 10.1 Å². The molecule has 0 radical (unpaired) electrons. The second-order valence-corrected chi connectivity index (χ2v) is 6.96. The molecule has 7 nitrogen and oxygen atoms in total. The van der Waals surface area contributed by atoms with Gasteiger partial charge in [-0.15, -0.1) is 0 Å². The van der Waals surface area contributed by atoms with Gasteiger partial charge in [-0.2, -0.15) is 0 Å². The molecule has 1 fully saturated rings. The summed E-state index contributed by atoms with van der Waals surface area (Å²) in [7, 11) is 0. The molecule has 1 amide bonds. The number of likely N-dealkylation sites (tertiary alicyclic amines) is 1. The highest BCUT2D eigenvalue weighted by Crippen LogP contribution is 2.31. The predicted molar refractivity (Wildman–Crippen MR) is 105 cm³/mol. The zero-order valence-corrected chi connectivity index (χ0v) is 16.1. The van der Waals surface area contributed by atoms with Crippen molar-refractivity contribution in [2.45, 2.75) is 32.4 Å². The minimum absolute atomic E-state index is 0.000795. The summed E-state index contributed by atoms with van der Waals surface area (Å²) in [6.45, 7) is 2.33. The number of nitrogens with zero attached hydrogens (tertiary/aromatic N) is 3. The number of carbonyl (C=O) groups is 2. The molecule has 0 unspecified atom stereocenters. The summed E-state index contributed by atoms with van der Waals surface area (Å²) in [6.07, 6.45) is 3.55. The Labute approximate surface area is 168 Å². The van der Waals surface area contributed by atoms with E-state index in [4.69, 9.17) is 9.26 Å². The fourth-order valence-electron chi connectivity index (χ4n) is 3.46. The molecule has 3 aromatic rings. The van der Waals surface area contributed by atoms with Gasteiger partial charge in [-0.1, -0.05) is 11.2 Å². The molecular weight excluding hydrogens is 370 g/mol. The molecule has 3 heterocycles. The number of amides is 1. The van der Waals surface area contributed by atoms with Crippen LogP contribution in [0.25, 0.3) is 0 Å². The normalized spacial score (nSPS) is 16.0. The molecule has 1 saturated heterocycles. The van der Waals surface area contributed by atoms with Crippen molar-refractivity contribution in [2.24, 2.45) is 0 Å². The van der Waals surface area contributed by atoms with Gasteiger partial charge in [0.25, 0.3) is 5.91 Å². The standard InChI is InChI=1S/C22H21N3O4/c1-15(26)16-7-9-17(10-8-16)28-14-18-13-20(24-29-18)22(27)25-12-4-6-21(25)19-5-2-3-11-23-19/h2-3,5,7-11,13,21H,4,6,12,14H2,1H3/t21-/m0/s1. The fraction of sp³-hybridized carbons (Fsp3) is 0.273. The van der Waals surface area contributed by atoms with Crippen molar-refractivity contribution in [3.05, 3.63) is 77.4 Å². The van der Waals surface area contributed by atoms with Gasteiger partial charge in [-0.05, 0) is 56.2 Å². The highest BCUT2D eigenvalue weighted by atomic mass is 16.5. The number of benzene rings is 1. The molecule has 0 bridgehead atoms. The molecule has 1 aromatic carbocycles. The fourth-order valence-corrected chi connectivity index (χ4v) is 3.46. The average Bonchev–Trinajstić information content (AvgIpc) is 3.42. The number of hydrogen-bond donors (Lipinski definition) is 0. The first kappa shape index (κ1) is 18.9. The lowest BCUT2D eigenvalue weighted by molar-refractivity contribution is 0.0722. The molecule has 2 aromatic heterocycles. The molecule has 4 rings (SSSR count). The highest BCUT2D eigenvalue weighted by molar-refractivity contribution is 5.94. The van der Waals surface area contributed by atoms with E-state index in [-0.39, 0.29) is 30.0 Å². The highest BCUT2D eigenvalue weighted by Gasteiger charge is 2.32. The minimum Gasteiger partial charge on any atom is -0.486 e. The van der Waals surface area contributed by atoms with E-state index >= 15 is 0 Å². The Morgan fingerprint density at radius 2 is 2.03 bits per heavy atom. The lowest BCUT2D eigenvalue weighted by atomic mass is 10.1. The van der Waals surface area contributed by atoms with Crippen LogP contribution in [-0.2, 0) is 6.61 Å². The van der Waals surface area contributed by atoms with Gasteiger partial charge < -0.3 is 14.2 Å². The van der Waals surface area contributed by atoms with E-state index in [1.807, 2.05) is 18.2 Å². The zero-order valence-electron chi connectivity index (χ0n) is 16.1. The molecule has 0 spiro atoms. The van der Waals surface area contributed by atoms with Crippen LogP contribution in [0.4, 0.5) is 0 Å². The number of pyridine rings is 1. The first-order valence-electron chi connectivity index (χ1n) is 9.53. The second-order valence-electron chi connectivity index (χ2n) is 6.96. The summed E-state index contributed by atoms with van der Waals surface area (Å²) >= 11 is 0. The minimum atomic E-state index is -0.168. The van der Waals surface area contributed by atoms with Gasteiger partial charge in [0.1, 0.15) is 12.4 Å². The Bertz CT molecular complexity index is 998. The van der Waals surface area contributed by atoms with Crippen LogP contribution in [0.1, 0.15) is 58.1 Å². The van der Waals surface area contributed by atoms with Crippen molar-refractivity contribution in [1.82, 2.24) is 15.0 Å². The van der Waals surface area contributed by atoms with Crippen molar-refractivity contribution in [2.75, 3.05) is 6.54 Å². The van der Waals surface area contributed by atoms with Crippen molar-refractivity contribution in [1.29, 1.82) is 0 Å². The van der Waals surface area contributed by atoms with E-state index in [0.717, 1.165) is 18.5 Å². The van der Waals surface area contributed by atoms with Gasteiger partial charge in [0, 0.05) is 24.4 Å². The number of aromatic nitrogens is 2. The van der Waals surface area contributed by atoms with Crippen molar-refractivity contribution < 1.29 is 18.8 Å². The van der Waals surface area contributed by atoms with Crippen LogP contribution in [0.5, 0.6) is 5.75 Å². The summed E-state index contributed by atoms with van der Waals surface area (Å²) < 4.78 is 10.9. The summed E-state index contributed by atoms with van der Waals surface area (Å²) in [5.74, 6) is 0.895. The van der Waals surface area contributed by atoms with Crippen molar-refractivity contribution in [3.8, 4) is 5.75 Å². The Morgan fingerprint density at radius 1 is 1.21 bits per heavy atom. The molecular formula is C22H21N3O4. The SMILES string of the molecule is CC(=O)c1ccc(OCc2cc(C(=O)N3CCC[C@H]3c3ccccn3)no2)cc1. The molecule has 7 heteroatoms. The third-order valence-electron chi connectivity index (χ3n) is 4.96. The Hall–Kier alpha value is -3.48. The number of Topliss-reactive ketones (excluding diaryl/α,β-unsaturated/α-hetero) is 1. The van der Waals surface area contributed by atoms with Gasteiger partial charge in [-0.25, -0.2) is 0 Å². The zero-order chi connectivity index (χ0) is 20.2. The van der Waals surface area contributed by atoms with Crippen molar-refractivity contribution in [3.63, 3.8) is 0 Å². The first-order valence-corrected chi connectivity index (χ1v) is 9.53. The van der Waals surface area contributed by atoms with Crippen LogP contribution in [0.2, 0.25) is 0 Å². The van der Waals surface area contributed by atoms with Crippen LogP contribution in [0.3, 0.4) is 0 Å². The first-order chi connectivity index (χ1) is 14.1. The number of rotatable bonds is 6. The lowest BCUT2D eigenvalue weighted by Crippen LogP contribution is -2.31. The monoisotopic (exact) mass is 391 g/mol. The summed E-state index contributed by atoms with van der Waals surface area (Å²) in [5, 5.41) is 3.93. The summed E-state index contributed by atoms with van der Waals surface area (Å²) in [4.78, 5) is 30.4. The average molecular weight is 391 g/mol. The van der Waals surface area contributed by atoms with E-state index in [1.165, 1.54) is 6.92 Å². The molecule has 1 atom stereocenters. The summed E-state index contributed by atoms with van der Waals surface area (Å²) in [5.41, 5.74) is 1.77. The van der Waals surface area contributed by atoms with E-state index in [9.17, 15) is 9.59 Å². The van der Waals surface area contributed by atoms with Crippen molar-refractivity contribution >= 4 is 11.7 Å². The van der Waals surface area contributed by atoms with Crippen LogP contribution in [-0.4, -0.2) is 33.3 Å². The van der Waals surface area contributed by atoms with Gasteiger partial charge in [0.05, 0.1) is 11.7 Å². The van der Waals surface area contributed by atoms with Crippen LogP contribution in [0, 0.1) is 0 Å². The van der Waals surface area contributed by atoms with Gasteiger partial charge in [0.15, 0.2) is 17.2 Å². The molecule has 0 saturated carbocycles. The third-order valence-corrected chi connectivity index (χ3v) is 4.96. The Balaban J connectivity index is 1.40. The molecule has 148 valence electrons. The molecule has 1 aliphatic heterocycles. The Morgan fingerprint density at radius 3 is 2.76 bits per heavy atom. The van der Waals surface area contributed by atoms with Crippen LogP contribution < -0.4 is 4.74 Å². The lowest BCUT2D eigenvalue weighted by Gasteiger charge is -2.23. The van der Waals surface area contributed by atoms with Gasteiger partial charge in [0.2, 0.25) is 0 Å². The van der Waals surface area contributed by atoms with Crippen LogP contribution >= 0.6 is 0 Å². The smallest absolute Gasteiger partial charge is 0.276 e. The van der Waals surface area contributed by atoms with Gasteiger partial charge in [-0.3, -0.25) is 14.6 Å². The quantitative estimate of drug-likeness (QED) is 0.594. The number of ether oxygens (including phenoxy) is 1. The topological polar surface area (TPSA) is 85.5 Å². The molecule has 0 N–H and O–H groups in total. The largest absolute Gasteiger partial charge is 0.486 e.